The highest BCUT2D eigenvalue weighted by atomic mass is 16.3. The summed E-state index contributed by atoms with van der Waals surface area (Å²) in [5, 5.41) is 2.13. The molecule has 1 aromatic heterocycles. The third-order valence-electron chi connectivity index (χ3n) is 11.6. The molecule has 0 N–H and O–H groups in total. The second-order valence-electron chi connectivity index (χ2n) is 15.6. The third-order valence-corrected chi connectivity index (χ3v) is 11.6. The minimum absolute atomic E-state index is 0.627. The van der Waals surface area contributed by atoms with Crippen LogP contribution in [0.4, 0.5) is 17.1 Å². The van der Waals surface area contributed by atoms with E-state index in [0.29, 0.717) is 5.89 Å². The molecule has 3 heteroatoms. The molecule has 10 aromatic carbocycles. The van der Waals surface area contributed by atoms with Crippen molar-refractivity contribution in [3.8, 4) is 67.1 Å². The van der Waals surface area contributed by atoms with E-state index < -0.39 is 0 Å². The van der Waals surface area contributed by atoms with Gasteiger partial charge in [0, 0.05) is 28.0 Å². The summed E-state index contributed by atoms with van der Waals surface area (Å²) in [7, 11) is 0. The van der Waals surface area contributed by atoms with E-state index >= 15 is 0 Å². The summed E-state index contributed by atoms with van der Waals surface area (Å²) in [4.78, 5) is 7.24. The van der Waals surface area contributed by atoms with Crippen LogP contribution in [0, 0.1) is 0 Å². The van der Waals surface area contributed by atoms with Gasteiger partial charge in [0.05, 0.1) is 0 Å². The molecular weight excluding hydrogens is 753 g/mol. The number of rotatable bonds is 9. The molecule has 11 aromatic rings. The molecule has 0 fully saturated rings. The van der Waals surface area contributed by atoms with Gasteiger partial charge in [-0.3, -0.25) is 0 Å². The van der Waals surface area contributed by atoms with Crippen molar-refractivity contribution in [2.45, 2.75) is 0 Å². The second-order valence-corrected chi connectivity index (χ2v) is 15.6. The van der Waals surface area contributed by atoms with Gasteiger partial charge < -0.3 is 9.32 Å². The van der Waals surface area contributed by atoms with Gasteiger partial charge in [-0.2, -0.15) is 0 Å². The van der Waals surface area contributed by atoms with Crippen molar-refractivity contribution < 1.29 is 4.42 Å². The highest BCUT2D eigenvalue weighted by Crippen LogP contribution is 2.43. The van der Waals surface area contributed by atoms with E-state index in [0.717, 1.165) is 83.4 Å². The number of nitrogens with zero attached hydrogens (tertiary/aromatic N) is 2. The molecule has 3 nitrogen and oxygen atoms in total. The van der Waals surface area contributed by atoms with Crippen molar-refractivity contribution in [3.05, 3.63) is 243 Å². The number of hydrogen-bond acceptors (Lipinski definition) is 3. The number of benzene rings is 10. The van der Waals surface area contributed by atoms with Crippen molar-refractivity contribution >= 4 is 38.9 Å². The molecule has 0 saturated heterocycles. The van der Waals surface area contributed by atoms with Gasteiger partial charge in [-0.25, -0.2) is 4.98 Å². The molecule has 0 aliphatic rings. The van der Waals surface area contributed by atoms with E-state index in [2.05, 4.69) is 217 Å². The van der Waals surface area contributed by atoms with Crippen LogP contribution in [-0.2, 0) is 0 Å². The first-order valence-electron chi connectivity index (χ1n) is 21.0. The quantitative estimate of drug-likeness (QED) is 0.146. The molecule has 0 atom stereocenters. The Labute approximate surface area is 361 Å². The van der Waals surface area contributed by atoms with Gasteiger partial charge in [-0.05, 0) is 134 Å². The zero-order chi connectivity index (χ0) is 41.2. The Morgan fingerprint density at radius 2 is 0.710 bits per heavy atom. The fourth-order valence-corrected chi connectivity index (χ4v) is 8.51. The Morgan fingerprint density at radius 3 is 1.29 bits per heavy atom. The Kier molecular flexibility index (Phi) is 9.53. The summed E-state index contributed by atoms with van der Waals surface area (Å²) in [6.07, 6.45) is 0. The molecule has 292 valence electrons. The minimum Gasteiger partial charge on any atom is -0.435 e. The van der Waals surface area contributed by atoms with E-state index in [1.165, 1.54) is 16.7 Å². The molecule has 0 aliphatic carbocycles. The predicted molar refractivity (Wildman–Crippen MR) is 259 cm³/mol. The van der Waals surface area contributed by atoms with Crippen LogP contribution >= 0.6 is 0 Å². The van der Waals surface area contributed by atoms with Gasteiger partial charge >= 0.3 is 0 Å². The Morgan fingerprint density at radius 1 is 0.290 bits per heavy atom. The molecule has 0 radical (unpaired) electrons. The first-order chi connectivity index (χ1) is 30.7. The largest absolute Gasteiger partial charge is 0.435 e. The van der Waals surface area contributed by atoms with Crippen molar-refractivity contribution in [2.75, 3.05) is 4.90 Å². The van der Waals surface area contributed by atoms with Crippen LogP contribution in [0.2, 0.25) is 0 Å². The third kappa shape index (κ3) is 7.23. The summed E-state index contributed by atoms with van der Waals surface area (Å²) >= 11 is 0. The standard InChI is InChI=1S/C59H40N2O/c1-5-15-41(16-6-1)44-27-29-45(30-28-44)48-24-14-26-54(38-48)61(53-25-13-23-47(37-53)42-17-7-2-8-18-42)55-39-51(43-19-9-3-10-20-43)36-52(40-55)49-31-33-56-50(35-49)32-34-57-58(56)62-59(60-57)46-21-11-4-12-22-46/h1-40H. The van der Waals surface area contributed by atoms with Gasteiger partial charge in [0.2, 0.25) is 5.89 Å². The van der Waals surface area contributed by atoms with Gasteiger partial charge in [-0.15, -0.1) is 0 Å². The maximum absolute atomic E-state index is 6.43. The molecule has 62 heavy (non-hydrogen) atoms. The summed E-state index contributed by atoms with van der Waals surface area (Å²) in [6.45, 7) is 0. The van der Waals surface area contributed by atoms with Crippen molar-refractivity contribution in [1.82, 2.24) is 4.98 Å². The Balaban J connectivity index is 1.06. The van der Waals surface area contributed by atoms with E-state index in [1.54, 1.807) is 0 Å². The molecule has 11 rings (SSSR count). The summed E-state index contributed by atoms with van der Waals surface area (Å²) in [6, 6.07) is 86.4. The minimum atomic E-state index is 0.627. The highest BCUT2D eigenvalue weighted by Gasteiger charge is 2.19. The predicted octanol–water partition coefficient (Wildman–Crippen LogP) is 16.5. The molecule has 0 saturated carbocycles. The molecule has 0 aliphatic heterocycles. The van der Waals surface area contributed by atoms with Crippen molar-refractivity contribution in [2.24, 2.45) is 0 Å². The van der Waals surface area contributed by atoms with Crippen LogP contribution in [0.3, 0.4) is 0 Å². The number of anilines is 3. The molecule has 0 spiro atoms. The zero-order valence-electron chi connectivity index (χ0n) is 33.9. The zero-order valence-corrected chi connectivity index (χ0v) is 33.9. The van der Waals surface area contributed by atoms with Crippen molar-refractivity contribution in [3.63, 3.8) is 0 Å². The van der Waals surface area contributed by atoms with Gasteiger partial charge in [0.15, 0.2) is 5.58 Å². The van der Waals surface area contributed by atoms with Crippen LogP contribution in [0.25, 0.3) is 89.0 Å². The average molecular weight is 793 g/mol. The lowest BCUT2D eigenvalue weighted by molar-refractivity contribution is 0.623. The lowest BCUT2D eigenvalue weighted by Gasteiger charge is -2.28. The fourth-order valence-electron chi connectivity index (χ4n) is 8.51. The topological polar surface area (TPSA) is 29.3 Å². The average Bonchev–Trinajstić information content (AvgIpc) is 3.81. The summed E-state index contributed by atoms with van der Waals surface area (Å²) < 4.78 is 6.43. The first-order valence-corrected chi connectivity index (χ1v) is 21.0. The molecule has 0 unspecified atom stereocenters. The van der Waals surface area contributed by atoms with E-state index in [9.17, 15) is 0 Å². The van der Waals surface area contributed by atoms with Gasteiger partial charge in [0.1, 0.15) is 5.52 Å². The lowest BCUT2D eigenvalue weighted by atomic mass is 9.95. The van der Waals surface area contributed by atoms with Crippen molar-refractivity contribution in [1.29, 1.82) is 0 Å². The molecular formula is C59H40N2O. The number of fused-ring (bicyclic) bond motifs is 3. The van der Waals surface area contributed by atoms with Gasteiger partial charge in [0.25, 0.3) is 0 Å². The number of oxazole rings is 1. The summed E-state index contributed by atoms with van der Waals surface area (Å²) in [5.41, 5.74) is 17.4. The maximum atomic E-state index is 6.43. The highest BCUT2D eigenvalue weighted by molar-refractivity contribution is 6.05. The SMILES string of the molecule is c1ccc(-c2ccc(-c3cccc(N(c4cccc(-c5ccccc5)c4)c4cc(-c5ccccc5)cc(-c5ccc6c(ccc7nc(-c8ccccc8)oc76)c5)c4)c3)cc2)cc1. The van der Waals surface area contributed by atoms with Crippen LogP contribution < -0.4 is 4.90 Å². The molecule has 1 heterocycles. The Hall–Kier alpha value is -8.27. The molecule has 0 bridgehead atoms. The lowest BCUT2D eigenvalue weighted by Crippen LogP contribution is -2.10. The van der Waals surface area contributed by atoms with Crippen LogP contribution in [0.5, 0.6) is 0 Å². The maximum Gasteiger partial charge on any atom is 0.227 e. The summed E-state index contributed by atoms with van der Waals surface area (Å²) in [5.74, 6) is 0.627. The Bertz CT molecular complexity index is 3320. The number of hydrogen-bond donors (Lipinski definition) is 0. The smallest absolute Gasteiger partial charge is 0.227 e. The van der Waals surface area contributed by atoms with Crippen LogP contribution in [-0.4, -0.2) is 4.98 Å². The second kappa shape index (κ2) is 16.1. The normalized spacial score (nSPS) is 11.2. The first kappa shape index (κ1) is 36.8. The number of aromatic nitrogens is 1. The fraction of sp³-hybridized carbons (Fsp3) is 0. The van der Waals surface area contributed by atoms with Crippen LogP contribution in [0.1, 0.15) is 0 Å². The van der Waals surface area contributed by atoms with E-state index in [-0.39, 0.29) is 0 Å². The monoisotopic (exact) mass is 792 g/mol. The van der Waals surface area contributed by atoms with E-state index in [1.807, 2.05) is 30.3 Å². The molecule has 0 amide bonds. The van der Waals surface area contributed by atoms with E-state index in [4.69, 9.17) is 9.40 Å². The van der Waals surface area contributed by atoms with Crippen LogP contribution in [0.15, 0.2) is 247 Å². The van der Waals surface area contributed by atoms with Gasteiger partial charge in [-0.1, -0.05) is 170 Å².